The predicted molar refractivity (Wildman–Crippen MR) is 102 cm³/mol. The van der Waals surface area contributed by atoms with Gasteiger partial charge in [-0.3, -0.25) is 9.69 Å². The highest BCUT2D eigenvalue weighted by Crippen LogP contribution is 2.18. The van der Waals surface area contributed by atoms with E-state index in [1.807, 2.05) is 31.2 Å². The summed E-state index contributed by atoms with van der Waals surface area (Å²) in [5.74, 6) is 0.597. The minimum absolute atomic E-state index is 0.140. The fraction of sp³-hybridized carbons (Fsp3) is 0.286. The summed E-state index contributed by atoms with van der Waals surface area (Å²) in [6, 6.07) is 13.8. The highest BCUT2D eigenvalue weighted by atomic mass is 19.1. The van der Waals surface area contributed by atoms with Crippen molar-refractivity contribution in [2.24, 2.45) is 0 Å². The van der Waals surface area contributed by atoms with E-state index in [1.165, 1.54) is 17.7 Å². The number of benzene rings is 2. The van der Waals surface area contributed by atoms with Gasteiger partial charge in [-0.15, -0.1) is 0 Å². The maximum Gasteiger partial charge on any atom is 0.254 e. The fourth-order valence-electron chi connectivity index (χ4n) is 3.24. The van der Waals surface area contributed by atoms with Crippen LogP contribution in [0.2, 0.25) is 0 Å². The van der Waals surface area contributed by atoms with Crippen molar-refractivity contribution in [3.05, 3.63) is 71.4 Å². The highest BCUT2D eigenvalue weighted by Gasteiger charge is 2.23. The number of carbonyl (C=O) groups excluding carboxylic acids is 1. The lowest BCUT2D eigenvalue weighted by Gasteiger charge is -2.34. The molecule has 2 aromatic carbocycles. The molecule has 1 amide bonds. The van der Waals surface area contributed by atoms with Crippen LogP contribution in [0, 0.1) is 12.7 Å². The van der Waals surface area contributed by atoms with Crippen molar-refractivity contribution >= 4 is 5.91 Å². The van der Waals surface area contributed by atoms with Gasteiger partial charge in [-0.2, -0.15) is 4.98 Å². The number of aryl methyl sites for hydroxylation is 1. The lowest BCUT2D eigenvalue weighted by molar-refractivity contribution is 0.0614. The number of halogens is 1. The summed E-state index contributed by atoms with van der Waals surface area (Å²) in [4.78, 5) is 20.9. The van der Waals surface area contributed by atoms with Gasteiger partial charge < -0.3 is 9.42 Å². The minimum atomic E-state index is -0.398. The van der Waals surface area contributed by atoms with Crippen molar-refractivity contribution in [3.8, 4) is 11.4 Å². The molecule has 1 aliphatic rings. The number of hydrogen-bond donors (Lipinski definition) is 0. The molecule has 3 aromatic rings. The third kappa shape index (κ3) is 4.09. The second kappa shape index (κ2) is 7.90. The summed E-state index contributed by atoms with van der Waals surface area (Å²) in [5.41, 5.74) is 2.48. The molecule has 0 N–H and O–H groups in total. The first kappa shape index (κ1) is 18.3. The van der Waals surface area contributed by atoms with Crippen LogP contribution < -0.4 is 0 Å². The van der Waals surface area contributed by atoms with Gasteiger partial charge in [0.15, 0.2) is 0 Å². The molecule has 1 saturated heterocycles. The van der Waals surface area contributed by atoms with E-state index in [2.05, 4.69) is 15.0 Å². The van der Waals surface area contributed by atoms with Gasteiger partial charge in [-0.1, -0.05) is 41.1 Å². The minimum Gasteiger partial charge on any atom is -0.338 e. The summed E-state index contributed by atoms with van der Waals surface area (Å²) in [5, 5.41) is 4.06. The highest BCUT2D eigenvalue weighted by molar-refractivity contribution is 5.94. The Morgan fingerprint density at radius 1 is 1.11 bits per heavy atom. The molecule has 28 heavy (non-hydrogen) atoms. The predicted octanol–water partition coefficient (Wildman–Crippen LogP) is 3.14. The summed E-state index contributed by atoms with van der Waals surface area (Å²) >= 11 is 0. The van der Waals surface area contributed by atoms with E-state index in [-0.39, 0.29) is 5.91 Å². The number of amides is 1. The van der Waals surface area contributed by atoms with Crippen LogP contribution in [0.5, 0.6) is 0 Å². The maximum absolute atomic E-state index is 13.3. The molecule has 1 aromatic heterocycles. The first-order valence-corrected chi connectivity index (χ1v) is 9.25. The van der Waals surface area contributed by atoms with Crippen molar-refractivity contribution < 1.29 is 13.7 Å². The Bertz CT molecular complexity index is 963. The van der Waals surface area contributed by atoms with E-state index in [0.717, 1.165) is 5.56 Å². The number of aromatic nitrogens is 2. The SMILES string of the molecule is Cc1ccc(-c2noc(CN3CCN(C(=O)c4cccc(F)c4)CC3)n2)cc1. The van der Waals surface area contributed by atoms with Gasteiger partial charge in [0.05, 0.1) is 6.54 Å². The molecule has 4 rings (SSSR count). The first-order chi connectivity index (χ1) is 13.6. The standard InChI is InChI=1S/C21H21FN4O2/c1-15-5-7-16(8-6-15)20-23-19(28-24-20)14-25-9-11-26(12-10-25)21(27)17-3-2-4-18(22)13-17/h2-8,13H,9-12,14H2,1H3. The van der Waals surface area contributed by atoms with Gasteiger partial charge in [0.2, 0.25) is 11.7 Å². The lowest BCUT2D eigenvalue weighted by atomic mass is 10.1. The van der Waals surface area contributed by atoms with Crippen LogP contribution in [0.15, 0.2) is 53.1 Å². The monoisotopic (exact) mass is 380 g/mol. The van der Waals surface area contributed by atoms with E-state index < -0.39 is 5.82 Å². The molecule has 0 aliphatic carbocycles. The van der Waals surface area contributed by atoms with Crippen LogP contribution in [0.25, 0.3) is 11.4 Å². The molecule has 0 unspecified atom stereocenters. The van der Waals surface area contributed by atoms with E-state index >= 15 is 0 Å². The second-order valence-corrected chi connectivity index (χ2v) is 6.96. The molecule has 0 atom stereocenters. The van der Waals surface area contributed by atoms with Gasteiger partial charge in [-0.05, 0) is 25.1 Å². The Hall–Kier alpha value is -3.06. The molecule has 0 radical (unpaired) electrons. The van der Waals surface area contributed by atoms with Gasteiger partial charge >= 0.3 is 0 Å². The van der Waals surface area contributed by atoms with Crippen LogP contribution >= 0.6 is 0 Å². The second-order valence-electron chi connectivity index (χ2n) is 6.96. The van der Waals surface area contributed by atoms with E-state index in [4.69, 9.17) is 4.52 Å². The average Bonchev–Trinajstić information content (AvgIpc) is 3.17. The van der Waals surface area contributed by atoms with Crippen LogP contribution in [0.1, 0.15) is 21.8 Å². The molecular formula is C21H21FN4O2. The molecule has 0 bridgehead atoms. The molecule has 6 nitrogen and oxygen atoms in total. The Balaban J connectivity index is 1.33. The van der Waals surface area contributed by atoms with Crippen molar-refractivity contribution in [2.45, 2.75) is 13.5 Å². The Labute approximate surface area is 162 Å². The van der Waals surface area contributed by atoms with Crippen LogP contribution in [0.3, 0.4) is 0 Å². The Kier molecular flexibility index (Phi) is 5.16. The van der Waals surface area contributed by atoms with E-state index in [1.54, 1.807) is 17.0 Å². The quantitative estimate of drug-likeness (QED) is 0.696. The van der Waals surface area contributed by atoms with E-state index in [0.29, 0.717) is 50.0 Å². The molecule has 144 valence electrons. The molecule has 0 spiro atoms. The number of piperazine rings is 1. The zero-order chi connectivity index (χ0) is 19.5. The topological polar surface area (TPSA) is 62.5 Å². The summed E-state index contributed by atoms with van der Waals surface area (Å²) < 4.78 is 18.7. The molecule has 1 fully saturated rings. The zero-order valence-electron chi connectivity index (χ0n) is 15.6. The normalized spacial score (nSPS) is 15.0. The van der Waals surface area contributed by atoms with Crippen molar-refractivity contribution in [2.75, 3.05) is 26.2 Å². The third-order valence-electron chi connectivity index (χ3n) is 4.87. The van der Waals surface area contributed by atoms with Crippen molar-refractivity contribution in [1.29, 1.82) is 0 Å². The molecular weight excluding hydrogens is 359 g/mol. The summed E-state index contributed by atoms with van der Waals surface area (Å²) in [7, 11) is 0. The Morgan fingerprint density at radius 3 is 2.57 bits per heavy atom. The fourth-order valence-corrected chi connectivity index (χ4v) is 3.24. The van der Waals surface area contributed by atoms with Crippen LogP contribution in [-0.4, -0.2) is 52.0 Å². The van der Waals surface area contributed by atoms with Crippen molar-refractivity contribution in [1.82, 2.24) is 19.9 Å². The van der Waals surface area contributed by atoms with Gasteiger partial charge in [0.1, 0.15) is 5.82 Å². The smallest absolute Gasteiger partial charge is 0.254 e. The van der Waals surface area contributed by atoms with Crippen LogP contribution in [-0.2, 0) is 6.54 Å². The molecule has 0 saturated carbocycles. The van der Waals surface area contributed by atoms with Crippen LogP contribution in [0.4, 0.5) is 4.39 Å². The van der Waals surface area contributed by atoms with Gasteiger partial charge in [0, 0.05) is 37.3 Å². The number of rotatable bonds is 4. The molecule has 1 aliphatic heterocycles. The zero-order valence-corrected chi connectivity index (χ0v) is 15.6. The number of hydrogen-bond acceptors (Lipinski definition) is 5. The number of nitrogens with zero attached hydrogens (tertiary/aromatic N) is 4. The maximum atomic E-state index is 13.3. The molecule has 7 heteroatoms. The Morgan fingerprint density at radius 2 is 1.86 bits per heavy atom. The van der Waals surface area contributed by atoms with Crippen molar-refractivity contribution in [3.63, 3.8) is 0 Å². The van der Waals surface area contributed by atoms with E-state index in [9.17, 15) is 9.18 Å². The summed E-state index contributed by atoms with van der Waals surface area (Å²) in [6.45, 7) is 5.13. The first-order valence-electron chi connectivity index (χ1n) is 9.25. The molecule has 2 heterocycles. The lowest BCUT2D eigenvalue weighted by Crippen LogP contribution is -2.48. The summed E-state index contributed by atoms with van der Waals surface area (Å²) in [6.07, 6.45) is 0. The number of carbonyl (C=O) groups is 1. The largest absolute Gasteiger partial charge is 0.338 e. The average molecular weight is 380 g/mol. The van der Waals surface area contributed by atoms with Gasteiger partial charge in [-0.25, -0.2) is 4.39 Å². The van der Waals surface area contributed by atoms with Gasteiger partial charge in [0.25, 0.3) is 5.91 Å². The third-order valence-corrected chi connectivity index (χ3v) is 4.87.